The Morgan fingerprint density at radius 2 is 1.23 bits per heavy atom. The Kier molecular flexibility index (Phi) is 5.25. The van der Waals surface area contributed by atoms with Gasteiger partial charge in [0.2, 0.25) is 0 Å². The molecular weight excluding hydrogens is 192 g/mol. The first kappa shape index (κ1) is 12.1. The van der Waals surface area contributed by atoms with Gasteiger partial charge in [-0.25, -0.2) is 17.6 Å². The van der Waals surface area contributed by atoms with E-state index in [2.05, 4.69) is 0 Å². The van der Waals surface area contributed by atoms with E-state index in [-0.39, 0.29) is 0 Å². The third-order valence-corrected chi connectivity index (χ3v) is 1.32. The Bertz CT molecular complexity index is 175. The third-order valence-electron chi connectivity index (χ3n) is 1.32. The van der Waals surface area contributed by atoms with Crippen molar-refractivity contribution >= 4 is 11.6 Å². The molecule has 0 amide bonds. The maximum atomic E-state index is 12.2. The molecule has 0 aromatic carbocycles. The van der Waals surface area contributed by atoms with E-state index in [1.54, 1.807) is 0 Å². The number of rotatable bonds is 6. The molecule has 2 atom stereocenters. The van der Waals surface area contributed by atoms with E-state index in [0.717, 1.165) is 0 Å². The summed E-state index contributed by atoms with van der Waals surface area (Å²) in [6.07, 6.45) is -5.94. The van der Waals surface area contributed by atoms with Crippen LogP contribution in [-0.2, 0) is 9.59 Å². The first-order chi connectivity index (χ1) is 6.02. The van der Waals surface area contributed by atoms with E-state index in [4.69, 9.17) is 0 Å². The molecule has 76 valence electrons. The molecule has 6 heteroatoms. The van der Waals surface area contributed by atoms with Gasteiger partial charge in [-0.2, -0.15) is 0 Å². The van der Waals surface area contributed by atoms with Crippen LogP contribution >= 0.6 is 0 Å². The molecule has 0 aliphatic rings. The molecule has 0 heterocycles. The predicted octanol–water partition coefficient (Wildman–Crippen LogP) is 1.13. The Morgan fingerprint density at radius 3 is 1.46 bits per heavy atom. The van der Waals surface area contributed by atoms with Crippen LogP contribution in [0.1, 0.15) is 6.42 Å². The second-order valence-corrected chi connectivity index (χ2v) is 2.35. The van der Waals surface area contributed by atoms with Crippen LogP contribution < -0.4 is 0 Å². The van der Waals surface area contributed by atoms with Crippen molar-refractivity contribution in [1.29, 1.82) is 0 Å². The summed E-state index contributed by atoms with van der Waals surface area (Å²) in [4.78, 5) is 21.0. The molecule has 0 aromatic rings. The van der Waals surface area contributed by atoms with Crippen LogP contribution in [0.25, 0.3) is 0 Å². The van der Waals surface area contributed by atoms with Gasteiger partial charge < -0.3 is 0 Å². The second kappa shape index (κ2) is 5.66. The maximum Gasteiger partial charge on any atom is 0.187 e. The SMILES string of the molecule is O=C(CC(=O)C(F)CF)C(F)CF. The van der Waals surface area contributed by atoms with Crippen molar-refractivity contribution in [2.45, 2.75) is 18.8 Å². The van der Waals surface area contributed by atoms with Gasteiger partial charge in [-0.15, -0.1) is 0 Å². The Morgan fingerprint density at radius 1 is 0.923 bits per heavy atom. The van der Waals surface area contributed by atoms with E-state index in [1.165, 1.54) is 0 Å². The number of carbonyl (C=O) groups excluding carboxylic acids is 2. The molecule has 2 unspecified atom stereocenters. The van der Waals surface area contributed by atoms with Gasteiger partial charge >= 0.3 is 0 Å². The zero-order chi connectivity index (χ0) is 10.4. The summed E-state index contributed by atoms with van der Waals surface area (Å²) >= 11 is 0. The highest BCUT2D eigenvalue weighted by Gasteiger charge is 2.25. The Balaban J connectivity index is 3.99. The van der Waals surface area contributed by atoms with Crippen molar-refractivity contribution in [1.82, 2.24) is 0 Å². The van der Waals surface area contributed by atoms with E-state index >= 15 is 0 Å². The first-order valence-corrected chi connectivity index (χ1v) is 3.48. The van der Waals surface area contributed by atoms with E-state index in [9.17, 15) is 27.2 Å². The molecule has 0 rings (SSSR count). The number of Topliss-reactive ketones (excluding diaryl/α,β-unsaturated/α-hetero) is 2. The first-order valence-electron chi connectivity index (χ1n) is 3.48. The van der Waals surface area contributed by atoms with E-state index in [0.29, 0.717) is 0 Å². The molecule has 13 heavy (non-hydrogen) atoms. The number of hydrogen-bond acceptors (Lipinski definition) is 2. The Labute approximate surface area is 71.9 Å². The van der Waals surface area contributed by atoms with Crippen LogP contribution in [0, 0.1) is 0 Å². The molecule has 0 aliphatic carbocycles. The zero-order valence-corrected chi connectivity index (χ0v) is 6.60. The minimum atomic E-state index is -2.42. The lowest BCUT2D eigenvalue weighted by Gasteiger charge is -2.03. The van der Waals surface area contributed by atoms with Gasteiger partial charge in [0, 0.05) is 0 Å². The summed E-state index contributed by atoms with van der Waals surface area (Å²) < 4.78 is 47.3. The van der Waals surface area contributed by atoms with Gasteiger partial charge in [0.25, 0.3) is 0 Å². The molecule has 0 aliphatic heterocycles. The molecule has 0 N–H and O–H groups in total. The summed E-state index contributed by atoms with van der Waals surface area (Å²) in [6, 6.07) is 0. The smallest absolute Gasteiger partial charge is 0.187 e. The fourth-order valence-electron chi connectivity index (χ4n) is 0.565. The van der Waals surface area contributed by atoms with Gasteiger partial charge in [0.05, 0.1) is 6.42 Å². The quantitative estimate of drug-likeness (QED) is 0.475. The number of hydrogen-bond donors (Lipinski definition) is 0. The highest BCUT2D eigenvalue weighted by atomic mass is 19.2. The second-order valence-electron chi connectivity index (χ2n) is 2.35. The molecule has 0 fully saturated rings. The largest absolute Gasteiger partial charge is 0.296 e. The molecular formula is C7H8F4O2. The maximum absolute atomic E-state index is 12.2. The van der Waals surface area contributed by atoms with Gasteiger partial charge in [-0.05, 0) is 0 Å². The van der Waals surface area contributed by atoms with Crippen molar-refractivity contribution < 1.29 is 27.2 Å². The average Bonchev–Trinajstić information content (AvgIpc) is 2.14. The molecule has 2 nitrogen and oxygen atoms in total. The molecule has 0 saturated carbocycles. The minimum absolute atomic E-state index is 1.10. The summed E-state index contributed by atoms with van der Waals surface area (Å²) in [5.41, 5.74) is 0. The van der Waals surface area contributed by atoms with Crippen molar-refractivity contribution in [3.8, 4) is 0 Å². The van der Waals surface area contributed by atoms with Gasteiger partial charge in [0.1, 0.15) is 13.3 Å². The Hall–Kier alpha value is -0.940. The highest BCUT2D eigenvalue weighted by molar-refractivity contribution is 6.02. The lowest BCUT2D eigenvalue weighted by atomic mass is 10.1. The molecule has 0 spiro atoms. The number of carbonyl (C=O) groups is 2. The summed E-state index contributed by atoms with van der Waals surface area (Å²) in [5, 5.41) is 0. The zero-order valence-electron chi connectivity index (χ0n) is 6.60. The van der Waals surface area contributed by atoms with Crippen LogP contribution in [0.4, 0.5) is 17.6 Å². The topological polar surface area (TPSA) is 34.1 Å². The monoisotopic (exact) mass is 200 g/mol. The fourth-order valence-corrected chi connectivity index (χ4v) is 0.565. The molecule has 0 bridgehead atoms. The van der Waals surface area contributed by atoms with Crippen molar-refractivity contribution in [2.24, 2.45) is 0 Å². The third kappa shape index (κ3) is 4.00. The highest BCUT2D eigenvalue weighted by Crippen LogP contribution is 2.03. The molecule has 0 saturated heterocycles. The number of alkyl halides is 4. The minimum Gasteiger partial charge on any atom is -0.296 e. The molecule has 0 radical (unpaired) electrons. The van der Waals surface area contributed by atoms with Crippen LogP contribution in [-0.4, -0.2) is 37.3 Å². The van der Waals surface area contributed by atoms with Crippen molar-refractivity contribution in [2.75, 3.05) is 13.3 Å². The van der Waals surface area contributed by atoms with E-state index < -0.39 is 43.7 Å². The standard InChI is InChI=1S/C7H8F4O2/c8-2-4(10)6(12)1-7(13)5(11)3-9/h4-5H,1-3H2. The number of ketones is 2. The predicted molar refractivity (Wildman–Crippen MR) is 36.4 cm³/mol. The normalized spacial score (nSPS) is 15.1. The summed E-state index contributed by atoms with van der Waals surface area (Å²) in [7, 11) is 0. The average molecular weight is 200 g/mol. The van der Waals surface area contributed by atoms with Crippen LogP contribution in [0.2, 0.25) is 0 Å². The molecule has 0 aromatic heterocycles. The van der Waals surface area contributed by atoms with Gasteiger partial charge in [0.15, 0.2) is 23.9 Å². The van der Waals surface area contributed by atoms with Gasteiger partial charge in [-0.3, -0.25) is 9.59 Å². The fraction of sp³-hybridized carbons (Fsp3) is 0.714. The van der Waals surface area contributed by atoms with Crippen molar-refractivity contribution in [3.05, 3.63) is 0 Å². The van der Waals surface area contributed by atoms with Crippen molar-refractivity contribution in [3.63, 3.8) is 0 Å². The summed E-state index contributed by atoms with van der Waals surface area (Å²) in [6.45, 7) is -3.11. The van der Waals surface area contributed by atoms with E-state index in [1.807, 2.05) is 0 Å². The van der Waals surface area contributed by atoms with Crippen LogP contribution in [0.5, 0.6) is 0 Å². The summed E-state index contributed by atoms with van der Waals surface area (Å²) in [5.74, 6) is -2.72. The lowest BCUT2D eigenvalue weighted by Crippen LogP contribution is -2.26. The van der Waals surface area contributed by atoms with Gasteiger partial charge in [-0.1, -0.05) is 0 Å². The lowest BCUT2D eigenvalue weighted by molar-refractivity contribution is -0.132. The number of halogens is 4. The van der Waals surface area contributed by atoms with Crippen LogP contribution in [0.15, 0.2) is 0 Å². The van der Waals surface area contributed by atoms with Crippen LogP contribution in [0.3, 0.4) is 0 Å².